The Morgan fingerprint density at radius 1 is 1.55 bits per heavy atom. The van der Waals surface area contributed by atoms with E-state index >= 15 is 0 Å². The Bertz CT molecular complexity index is 578. The molecule has 0 radical (unpaired) electrons. The molecule has 7 nitrogen and oxygen atoms in total. The molecular weight excluding hydrogens is 284 g/mol. The second kappa shape index (κ2) is 6.41. The van der Waals surface area contributed by atoms with E-state index in [4.69, 9.17) is 5.73 Å². The quantitative estimate of drug-likeness (QED) is 0.635. The molecule has 1 aliphatic heterocycles. The molecule has 1 fully saturated rings. The van der Waals surface area contributed by atoms with Crippen molar-refractivity contribution >= 4 is 17.3 Å². The zero-order valence-corrected chi connectivity index (χ0v) is 12.9. The predicted octanol–water partition coefficient (Wildman–Crippen LogP) is 1.59. The first-order valence-corrected chi connectivity index (χ1v) is 7.35. The van der Waals surface area contributed by atoms with Crippen LogP contribution in [0.5, 0.6) is 0 Å². The van der Waals surface area contributed by atoms with Gasteiger partial charge in [0, 0.05) is 12.6 Å². The maximum absolute atomic E-state index is 12.4. The maximum Gasteiger partial charge on any atom is 0.292 e. The molecule has 2 rings (SSSR count). The maximum atomic E-state index is 12.4. The average Bonchev–Trinajstić information content (AvgIpc) is 2.90. The average molecular weight is 306 g/mol. The number of nitrogens with two attached hydrogens (primary N) is 1. The van der Waals surface area contributed by atoms with Crippen LogP contribution in [0.4, 0.5) is 11.4 Å². The number of carbonyl (C=O) groups is 1. The van der Waals surface area contributed by atoms with Crippen molar-refractivity contribution in [2.24, 2.45) is 11.1 Å². The summed E-state index contributed by atoms with van der Waals surface area (Å²) >= 11 is 0. The zero-order chi connectivity index (χ0) is 16.3. The van der Waals surface area contributed by atoms with E-state index in [1.165, 1.54) is 12.1 Å². The largest absolute Gasteiger partial charge is 0.330 e. The standard InChI is InChI=1S/C15H22N4O3/c1-11(18-8-7-15(2,9-16)10-18)14(20)17-12-5-3-4-6-13(12)19(21)22/h3-6,11H,7-10,16H2,1-2H3,(H,17,20). The van der Waals surface area contributed by atoms with Crippen LogP contribution < -0.4 is 11.1 Å². The van der Waals surface area contributed by atoms with Crippen LogP contribution in [0, 0.1) is 15.5 Å². The van der Waals surface area contributed by atoms with Crippen molar-refractivity contribution in [1.82, 2.24) is 4.90 Å². The summed E-state index contributed by atoms with van der Waals surface area (Å²) in [7, 11) is 0. The third kappa shape index (κ3) is 3.42. The lowest BCUT2D eigenvalue weighted by Crippen LogP contribution is -2.42. The van der Waals surface area contributed by atoms with Gasteiger partial charge in [0.2, 0.25) is 5.91 Å². The fourth-order valence-electron chi connectivity index (χ4n) is 2.70. The lowest BCUT2D eigenvalue weighted by Gasteiger charge is -2.26. The van der Waals surface area contributed by atoms with Crippen LogP contribution in [0.1, 0.15) is 20.3 Å². The van der Waals surface area contributed by atoms with E-state index in [1.807, 2.05) is 6.92 Å². The first-order valence-electron chi connectivity index (χ1n) is 7.35. The molecule has 0 aliphatic carbocycles. The van der Waals surface area contributed by atoms with Gasteiger partial charge >= 0.3 is 0 Å². The number of nitro benzene ring substituents is 1. The predicted molar refractivity (Wildman–Crippen MR) is 84.5 cm³/mol. The molecular formula is C15H22N4O3. The number of anilines is 1. The van der Waals surface area contributed by atoms with Gasteiger partial charge in [0.25, 0.3) is 5.69 Å². The molecule has 2 unspecified atom stereocenters. The van der Waals surface area contributed by atoms with Crippen molar-refractivity contribution in [2.75, 3.05) is 25.0 Å². The van der Waals surface area contributed by atoms with Crippen LogP contribution in [-0.2, 0) is 4.79 Å². The van der Waals surface area contributed by atoms with E-state index in [1.54, 1.807) is 12.1 Å². The summed E-state index contributed by atoms with van der Waals surface area (Å²) in [4.78, 5) is 24.9. The van der Waals surface area contributed by atoms with Crippen molar-refractivity contribution in [3.8, 4) is 0 Å². The summed E-state index contributed by atoms with van der Waals surface area (Å²) in [5.74, 6) is -0.240. The number of nitro groups is 1. The lowest BCUT2D eigenvalue weighted by molar-refractivity contribution is -0.383. The molecule has 0 spiro atoms. The van der Waals surface area contributed by atoms with Crippen LogP contribution in [0.25, 0.3) is 0 Å². The van der Waals surface area contributed by atoms with Crippen molar-refractivity contribution < 1.29 is 9.72 Å². The molecule has 0 aromatic heterocycles. The molecule has 0 saturated carbocycles. The fourth-order valence-corrected chi connectivity index (χ4v) is 2.70. The third-order valence-electron chi connectivity index (χ3n) is 4.37. The van der Waals surface area contributed by atoms with E-state index in [-0.39, 0.29) is 28.7 Å². The van der Waals surface area contributed by atoms with E-state index in [9.17, 15) is 14.9 Å². The number of rotatable bonds is 5. The van der Waals surface area contributed by atoms with Gasteiger partial charge in [-0.15, -0.1) is 0 Å². The Hall–Kier alpha value is -1.99. The highest BCUT2D eigenvalue weighted by Gasteiger charge is 2.36. The van der Waals surface area contributed by atoms with Gasteiger partial charge in [0.1, 0.15) is 5.69 Å². The minimum atomic E-state index is -0.498. The van der Waals surface area contributed by atoms with Gasteiger partial charge in [0.05, 0.1) is 11.0 Å². The second-order valence-corrected chi connectivity index (χ2v) is 6.17. The summed E-state index contributed by atoms with van der Waals surface area (Å²) in [5.41, 5.74) is 5.94. The number of likely N-dealkylation sites (tertiary alicyclic amines) is 1. The first kappa shape index (κ1) is 16.4. The Labute approximate surface area is 129 Å². The van der Waals surface area contributed by atoms with Crippen molar-refractivity contribution in [1.29, 1.82) is 0 Å². The Morgan fingerprint density at radius 2 is 2.23 bits per heavy atom. The highest BCUT2D eigenvalue weighted by molar-refractivity contribution is 5.96. The summed E-state index contributed by atoms with van der Waals surface area (Å²) in [5, 5.41) is 13.6. The number of nitrogens with one attached hydrogen (secondary N) is 1. The minimum Gasteiger partial charge on any atom is -0.330 e. The molecule has 1 aliphatic rings. The highest BCUT2D eigenvalue weighted by Crippen LogP contribution is 2.30. The topological polar surface area (TPSA) is 101 Å². The van der Waals surface area contributed by atoms with E-state index in [2.05, 4.69) is 17.1 Å². The summed E-state index contributed by atoms with van der Waals surface area (Å²) in [6.07, 6.45) is 0.951. The first-order chi connectivity index (χ1) is 10.4. The number of benzene rings is 1. The zero-order valence-electron chi connectivity index (χ0n) is 12.9. The van der Waals surface area contributed by atoms with E-state index in [0.29, 0.717) is 6.54 Å². The van der Waals surface area contributed by atoms with E-state index in [0.717, 1.165) is 19.5 Å². The molecule has 0 bridgehead atoms. The van der Waals surface area contributed by atoms with Gasteiger partial charge in [-0.3, -0.25) is 19.8 Å². The van der Waals surface area contributed by atoms with Crippen LogP contribution in [0.3, 0.4) is 0 Å². The van der Waals surface area contributed by atoms with Crippen molar-refractivity contribution in [2.45, 2.75) is 26.3 Å². The molecule has 1 amide bonds. The molecule has 7 heteroatoms. The fraction of sp³-hybridized carbons (Fsp3) is 0.533. The molecule has 1 aromatic rings. The van der Waals surface area contributed by atoms with Gasteiger partial charge in [0.15, 0.2) is 0 Å². The smallest absolute Gasteiger partial charge is 0.292 e. The number of hydrogen-bond donors (Lipinski definition) is 2. The second-order valence-electron chi connectivity index (χ2n) is 6.17. The van der Waals surface area contributed by atoms with Gasteiger partial charge in [-0.25, -0.2) is 0 Å². The number of nitrogens with zero attached hydrogens (tertiary/aromatic N) is 2. The van der Waals surface area contributed by atoms with Crippen molar-refractivity contribution in [3.63, 3.8) is 0 Å². The molecule has 1 heterocycles. The number of para-hydroxylation sites is 2. The molecule has 3 N–H and O–H groups in total. The van der Waals surface area contributed by atoms with Gasteiger partial charge in [-0.2, -0.15) is 0 Å². The van der Waals surface area contributed by atoms with Crippen LogP contribution in [-0.4, -0.2) is 41.4 Å². The molecule has 2 atom stereocenters. The lowest BCUT2D eigenvalue weighted by atomic mass is 9.90. The molecule has 1 saturated heterocycles. The third-order valence-corrected chi connectivity index (χ3v) is 4.37. The summed E-state index contributed by atoms with van der Waals surface area (Å²) < 4.78 is 0. The van der Waals surface area contributed by atoms with Gasteiger partial charge in [-0.1, -0.05) is 19.1 Å². The van der Waals surface area contributed by atoms with Gasteiger partial charge in [-0.05, 0) is 37.9 Å². The van der Waals surface area contributed by atoms with Gasteiger partial charge < -0.3 is 11.1 Å². The monoisotopic (exact) mass is 306 g/mol. The Kier molecular flexibility index (Phi) is 4.77. The van der Waals surface area contributed by atoms with Crippen LogP contribution in [0.15, 0.2) is 24.3 Å². The van der Waals surface area contributed by atoms with Crippen molar-refractivity contribution in [3.05, 3.63) is 34.4 Å². The molecule has 22 heavy (non-hydrogen) atoms. The van der Waals surface area contributed by atoms with Crippen LogP contribution in [0.2, 0.25) is 0 Å². The Balaban J connectivity index is 2.05. The highest BCUT2D eigenvalue weighted by atomic mass is 16.6. The number of amides is 1. The molecule has 120 valence electrons. The SMILES string of the molecule is CC(C(=O)Nc1ccccc1[N+](=O)[O-])N1CCC(C)(CN)C1. The Morgan fingerprint density at radius 3 is 2.82 bits per heavy atom. The number of hydrogen-bond acceptors (Lipinski definition) is 5. The molecule has 1 aromatic carbocycles. The summed E-state index contributed by atoms with van der Waals surface area (Å²) in [6.45, 7) is 6.07. The normalized spacial score (nSPS) is 23.2. The van der Waals surface area contributed by atoms with Crippen LogP contribution >= 0.6 is 0 Å². The number of carbonyl (C=O) groups excluding carboxylic acids is 1. The van der Waals surface area contributed by atoms with E-state index < -0.39 is 4.92 Å². The summed E-state index contributed by atoms with van der Waals surface area (Å²) in [6, 6.07) is 5.80. The minimum absolute atomic E-state index is 0.0350.